The van der Waals surface area contributed by atoms with E-state index in [0.717, 1.165) is 18.2 Å². The predicted molar refractivity (Wildman–Crippen MR) is 51.0 cm³/mol. The number of halogens is 1. The third-order valence-electron chi connectivity index (χ3n) is 1.36. The number of unbranched alkanes of at least 4 members (excludes halogenated alkanes) is 1. The van der Waals surface area contributed by atoms with Crippen molar-refractivity contribution in [2.75, 3.05) is 18.4 Å². The van der Waals surface area contributed by atoms with E-state index in [-0.39, 0.29) is 0 Å². The average molecular weight is 244 g/mol. The van der Waals surface area contributed by atoms with E-state index in [2.05, 4.69) is 15.9 Å². The van der Waals surface area contributed by atoms with Crippen molar-refractivity contribution in [1.29, 1.82) is 0 Å². The molecular weight excluding hydrogens is 230 g/mol. The molecule has 0 saturated heterocycles. The lowest BCUT2D eigenvalue weighted by Gasteiger charge is -2.13. The van der Waals surface area contributed by atoms with Crippen molar-refractivity contribution in [3.63, 3.8) is 0 Å². The SMILES string of the molecule is CCN(CCCCBr)S(=O)O. The van der Waals surface area contributed by atoms with Crippen LogP contribution in [0.25, 0.3) is 0 Å². The van der Waals surface area contributed by atoms with Gasteiger partial charge in [0.1, 0.15) is 0 Å². The van der Waals surface area contributed by atoms with Gasteiger partial charge in [-0.2, -0.15) is 0 Å². The first-order valence-corrected chi connectivity index (χ1v) is 5.82. The molecule has 68 valence electrons. The molecule has 5 heteroatoms. The quantitative estimate of drug-likeness (QED) is 0.438. The molecule has 1 unspecified atom stereocenters. The van der Waals surface area contributed by atoms with E-state index >= 15 is 0 Å². The first-order valence-electron chi connectivity index (χ1n) is 3.64. The molecule has 0 rings (SSSR count). The van der Waals surface area contributed by atoms with Crippen LogP contribution < -0.4 is 0 Å². The van der Waals surface area contributed by atoms with Crippen LogP contribution in [-0.2, 0) is 11.3 Å². The van der Waals surface area contributed by atoms with Crippen molar-refractivity contribution < 1.29 is 8.76 Å². The Hall–Kier alpha value is 0.550. The third-order valence-corrected chi connectivity index (χ3v) is 2.81. The molecule has 0 heterocycles. The van der Waals surface area contributed by atoms with Gasteiger partial charge in [0.05, 0.1) is 0 Å². The second-order valence-electron chi connectivity index (χ2n) is 2.15. The van der Waals surface area contributed by atoms with E-state index in [1.807, 2.05) is 6.92 Å². The Bertz CT molecular complexity index is 123. The highest BCUT2D eigenvalue weighted by molar-refractivity contribution is 9.09. The number of alkyl halides is 1. The van der Waals surface area contributed by atoms with Gasteiger partial charge in [0.25, 0.3) is 0 Å². The van der Waals surface area contributed by atoms with Crippen LogP contribution in [0.4, 0.5) is 0 Å². The van der Waals surface area contributed by atoms with E-state index in [0.29, 0.717) is 13.1 Å². The van der Waals surface area contributed by atoms with Crippen LogP contribution in [-0.4, -0.2) is 31.5 Å². The summed E-state index contributed by atoms with van der Waals surface area (Å²) in [5, 5.41) is 0.961. The summed E-state index contributed by atoms with van der Waals surface area (Å²) in [5.41, 5.74) is 0. The van der Waals surface area contributed by atoms with Gasteiger partial charge in [-0.3, -0.25) is 4.55 Å². The second-order valence-corrected chi connectivity index (χ2v) is 3.92. The Balaban J connectivity index is 3.44. The van der Waals surface area contributed by atoms with Crippen molar-refractivity contribution >= 4 is 27.2 Å². The Kier molecular flexibility index (Phi) is 7.57. The third kappa shape index (κ3) is 5.78. The number of nitrogens with zero attached hydrogens (tertiary/aromatic N) is 1. The number of rotatable bonds is 6. The standard InChI is InChI=1S/C6H14BrNO2S/c1-2-8(11(9)10)6-4-3-5-7/h2-6H2,1H3,(H,9,10). The minimum absolute atomic E-state index is 0.630. The molecule has 0 aromatic heterocycles. The molecule has 0 aromatic rings. The van der Waals surface area contributed by atoms with Crippen LogP contribution in [0.2, 0.25) is 0 Å². The minimum Gasteiger partial charge on any atom is -0.294 e. The van der Waals surface area contributed by atoms with Gasteiger partial charge in [0.15, 0.2) is 0 Å². The van der Waals surface area contributed by atoms with Crippen LogP contribution in [0.5, 0.6) is 0 Å². The van der Waals surface area contributed by atoms with E-state index in [9.17, 15) is 4.21 Å². The van der Waals surface area contributed by atoms with E-state index < -0.39 is 11.3 Å². The Morgan fingerprint density at radius 3 is 2.55 bits per heavy atom. The van der Waals surface area contributed by atoms with Crippen molar-refractivity contribution in [3.05, 3.63) is 0 Å². The van der Waals surface area contributed by atoms with Gasteiger partial charge in [-0.05, 0) is 12.8 Å². The lowest BCUT2D eigenvalue weighted by atomic mass is 10.3. The van der Waals surface area contributed by atoms with Gasteiger partial charge in [0, 0.05) is 18.4 Å². The summed E-state index contributed by atoms with van der Waals surface area (Å²) in [7, 11) is 0. The highest BCUT2D eigenvalue weighted by atomic mass is 79.9. The summed E-state index contributed by atoms with van der Waals surface area (Å²) in [5.74, 6) is 0. The maximum absolute atomic E-state index is 10.6. The molecule has 0 fully saturated rings. The molecule has 11 heavy (non-hydrogen) atoms. The van der Waals surface area contributed by atoms with Crippen molar-refractivity contribution in [2.24, 2.45) is 0 Å². The maximum atomic E-state index is 10.6. The second kappa shape index (κ2) is 7.21. The normalized spacial score (nSPS) is 13.8. The van der Waals surface area contributed by atoms with Gasteiger partial charge in [-0.15, -0.1) is 0 Å². The molecule has 0 saturated carbocycles. The lowest BCUT2D eigenvalue weighted by Crippen LogP contribution is -2.26. The predicted octanol–water partition coefficient (Wildman–Crippen LogP) is 1.62. The van der Waals surface area contributed by atoms with Crippen LogP contribution in [0.3, 0.4) is 0 Å². The molecule has 3 nitrogen and oxygen atoms in total. The van der Waals surface area contributed by atoms with Crippen LogP contribution >= 0.6 is 15.9 Å². The van der Waals surface area contributed by atoms with Crippen molar-refractivity contribution in [1.82, 2.24) is 4.31 Å². The summed E-state index contributed by atoms with van der Waals surface area (Å²) < 4.78 is 20.8. The highest BCUT2D eigenvalue weighted by Crippen LogP contribution is 1.99. The van der Waals surface area contributed by atoms with Crippen LogP contribution in [0.15, 0.2) is 0 Å². The van der Waals surface area contributed by atoms with Gasteiger partial charge in [-0.1, -0.05) is 22.9 Å². The Morgan fingerprint density at radius 1 is 1.55 bits per heavy atom. The van der Waals surface area contributed by atoms with E-state index in [1.54, 1.807) is 0 Å². The Labute approximate surface area is 78.7 Å². The molecule has 0 aliphatic rings. The molecule has 0 aliphatic heterocycles. The number of hydrogen-bond donors (Lipinski definition) is 1. The minimum atomic E-state index is -1.79. The summed E-state index contributed by atoms with van der Waals surface area (Å²) in [6.07, 6.45) is 2.01. The maximum Gasteiger partial charge on any atom is 0.234 e. The molecule has 1 N–H and O–H groups in total. The molecule has 0 spiro atoms. The lowest BCUT2D eigenvalue weighted by molar-refractivity contribution is 0.404. The van der Waals surface area contributed by atoms with Crippen molar-refractivity contribution in [3.8, 4) is 0 Å². The number of hydrogen-bond acceptors (Lipinski definition) is 1. The summed E-state index contributed by atoms with van der Waals surface area (Å²) in [6, 6.07) is 0. The fraction of sp³-hybridized carbons (Fsp3) is 1.00. The first kappa shape index (κ1) is 11.6. The summed E-state index contributed by atoms with van der Waals surface area (Å²) >= 11 is 1.51. The molecule has 0 bridgehead atoms. The smallest absolute Gasteiger partial charge is 0.234 e. The zero-order valence-electron chi connectivity index (χ0n) is 6.62. The molecule has 0 amide bonds. The zero-order chi connectivity index (χ0) is 8.69. The van der Waals surface area contributed by atoms with Gasteiger partial charge in [-0.25, -0.2) is 8.51 Å². The van der Waals surface area contributed by atoms with Crippen LogP contribution in [0, 0.1) is 0 Å². The molecule has 0 aromatic carbocycles. The highest BCUT2D eigenvalue weighted by Gasteiger charge is 2.06. The Morgan fingerprint density at radius 2 is 2.18 bits per heavy atom. The van der Waals surface area contributed by atoms with Gasteiger partial charge >= 0.3 is 0 Å². The largest absolute Gasteiger partial charge is 0.294 e. The first-order chi connectivity index (χ1) is 5.22. The van der Waals surface area contributed by atoms with E-state index in [4.69, 9.17) is 4.55 Å². The monoisotopic (exact) mass is 243 g/mol. The fourth-order valence-electron chi connectivity index (χ4n) is 0.729. The molecule has 0 aliphatic carbocycles. The molecule has 1 atom stereocenters. The topological polar surface area (TPSA) is 40.5 Å². The van der Waals surface area contributed by atoms with Gasteiger partial charge in [0.2, 0.25) is 11.3 Å². The van der Waals surface area contributed by atoms with Crippen LogP contribution in [0.1, 0.15) is 19.8 Å². The van der Waals surface area contributed by atoms with Gasteiger partial charge < -0.3 is 0 Å². The summed E-state index contributed by atoms with van der Waals surface area (Å²) in [4.78, 5) is 0. The molecular formula is C6H14BrNO2S. The average Bonchev–Trinajstić information content (AvgIpc) is 1.97. The summed E-state index contributed by atoms with van der Waals surface area (Å²) in [6.45, 7) is 3.21. The van der Waals surface area contributed by atoms with Crippen molar-refractivity contribution in [2.45, 2.75) is 19.8 Å². The fourth-order valence-corrected chi connectivity index (χ4v) is 1.63. The molecule has 0 radical (unpaired) electrons. The zero-order valence-corrected chi connectivity index (χ0v) is 9.03. The van der Waals surface area contributed by atoms with E-state index in [1.165, 1.54) is 4.31 Å².